The Morgan fingerprint density at radius 2 is 1.10 bits per heavy atom. The van der Waals surface area contributed by atoms with Gasteiger partial charge in [-0.1, -0.05) is 36.4 Å². The normalized spacial score (nSPS) is 18.9. The SMILES string of the molecule is CC1=C([N+](=O)[O-])C(c2ccccc2OCCCOc2ccccc2C2NC(=O)NC(C)=C2[N+](=O)[O-])NC(=O)N1. The molecule has 0 fully saturated rings. The van der Waals surface area contributed by atoms with Gasteiger partial charge in [-0.3, -0.25) is 20.2 Å². The third-order valence-electron chi connectivity index (χ3n) is 6.13. The lowest BCUT2D eigenvalue weighted by Crippen LogP contribution is -2.45. The Balaban J connectivity index is 1.43. The van der Waals surface area contributed by atoms with Gasteiger partial charge in [-0.15, -0.1) is 0 Å². The van der Waals surface area contributed by atoms with Gasteiger partial charge in [0.25, 0.3) is 11.4 Å². The minimum Gasteiger partial charge on any atom is -0.493 e. The highest BCUT2D eigenvalue weighted by Gasteiger charge is 2.38. The van der Waals surface area contributed by atoms with Crippen molar-refractivity contribution in [3.8, 4) is 11.5 Å². The number of rotatable bonds is 10. The van der Waals surface area contributed by atoms with Crippen LogP contribution in [-0.2, 0) is 0 Å². The average Bonchev–Trinajstić information content (AvgIpc) is 2.87. The second kappa shape index (κ2) is 11.5. The molecule has 0 saturated heterocycles. The van der Waals surface area contributed by atoms with E-state index in [4.69, 9.17) is 9.47 Å². The standard InChI is InChI=1S/C25H26N6O8/c1-14-22(30(34)35)20(28-24(32)26-14)16-8-3-5-10-18(16)38-12-7-13-39-19-11-6-4-9-17(19)21-23(31(36)37)15(2)27-25(33)29-21/h3-6,8-11,20-21H,7,12-13H2,1-2H3,(H2,26,28,32)(H2,27,29,33). The summed E-state index contributed by atoms with van der Waals surface area (Å²) in [5.41, 5.74) is 0.779. The molecule has 2 aromatic carbocycles. The number of nitrogens with zero attached hydrogens (tertiary/aromatic N) is 2. The van der Waals surface area contributed by atoms with Gasteiger partial charge in [0, 0.05) is 17.5 Å². The average molecular weight is 539 g/mol. The van der Waals surface area contributed by atoms with Gasteiger partial charge in [0.05, 0.1) is 34.5 Å². The van der Waals surface area contributed by atoms with E-state index in [1.807, 2.05) is 0 Å². The fraction of sp³-hybridized carbons (Fsp3) is 0.280. The number of benzene rings is 2. The van der Waals surface area contributed by atoms with E-state index in [-0.39, 0.29) is 36.0 Å². The first-order valence-corrected chi connectivity index (χ1v) is 12.0. The molecule has 4 amide bonds. The maximum absolute atomic E-state index is 12.0. The summed E-state index contributed by atoms with van der Waals surface area (Å²) in [5.74, 6) is 0.733. The van der Waals surface area contributed by atoms with E-state index in [0.717, 1.165) is 0 Å². The molecule has 14 heteroatoms. The molecule has 4 rings (SSSR count). The minimum atomic E-state index is -0.999. The maximum atomic E-state index is 12.0. The van der Waals surface area contributed by atoms with Crippen LogP contribution < -0.4 is 30.7 Å². The topological polar surface area (TPSA) is 187 Å². The Kier molecular flexibility index (Phi) is 7.93. The fourth-order valence-electron chi connectivity index (χ4n) is 4.43. The molecule has 0 saturated carbocycles. The van der Waals surface area contributed by atoms with Crippen LogP contribution in [0.3, 0.4) is 0 Å². The summed E-state index contributed by atoms with van der Waals surface area (Å²) in [7, 11) is 0. The van der Waals surface area contributed by atoms with Gasteiger partial charge < -0.3 is 30.7 Å². The van der Waals surface area contributed by atoms with Crippen molar-refractivity contribution in [1.29, 1.82) is 0 Å². The van der Waals surface area contributed by atoms with Crippen LogP contribution in [0.5, 0.6) is 11.5 Å². The Labute approximate surface area is 222 Å². The van der Waals surface area contributed by atoms with Gasteiger partial charge in [0.1, 0.15) is 11.5 Å². The molecule has 2 heterocycles. The molecule has 0 radical (unpaired) electrons. The van der Waals surface area contributed by atoms with Crippen LogP contribution in [-0.4, -0.2) is 35.1 Å². The Hall–Kier alpha value is -5.14. The number of carbonyl (C=O) groups excluding carboxylic acids is 2. The molecule has 0 aliphatic carbocycles. The number of carbonyl (C=O) groups is 2. The first kappa shape index (κ1) is 26.9. The Morgan fingerprint density at radius 1 is 0.718 bits per heavy atom. The molecule has 39 heavy (non-hydrogen) atoms. The third kappa shape index (κ3) is 5.89. The van der Waals surface area contributed by atoms with Crippen molar-refractivity contribution in [2.75, 3.05) is 13.2 Å². The molecule has 0 spiro atoms. The van der Waals surface area contributed by atoms with Crippen LogP contribution in [0, 0.1) is 20.2 Å². The van der Waals surface area contributed by atoms with Gasteiger partial charge >= 0.3 is 12.1 Å². The highest BCUT2D eigenvalue weighted by molar-refractivity contribution is 5.79. The molecule has 2 aromatic rings. The molecule has 2 aliphatic heterocycles. The Morgan fingerprint density at radius 3 is 1.49 bits per heavy atom. The molecule has 0 bridgehead atoms. The first-order chi connectivity index (χ1) is 18.7. The van der Waals surface area contributed by atoms with Crippen LogP contribution in [0.25, 0.3) is 0 Å². The van der Waals surface area contributed by atoms with E-state index in [9.17, 15) is 29.8 Å². The molecule has 4 N–H and O–H groups in total. The lowest BCUT2D eigenvalue weighted by atomic mass is 10.00. The van der Waals surface area contributed by atoms with Crippen molar-refractivity contribution in [2.45, 2.75) is 32.4 Å². The third-order valence-corrected chi connectivity index (χ3v) is 6.13. The molecular weight excluding hydrogens is 512 g/mol. The summed E-state index contributed by atoms with van der Waals surface area (Å²) in [6.07, 6.45) is 0.397. The van der Waals surface area contributed by atoms with E-state index in [2.05, 4.69) is 21.3 Å². The van der Waals surface area contributed by atoms with Gasteiger partial charge in [0.15, 0.2) is 12.1 Å². The number of nitro groups is 2. The predicted molar refractivity (Wildman–Crippen MR) is 137 cm³/mol. The first-order valence-electron chi connectivity index (χ1n) is 12.0. The number of ether oxygens (including phenoxy) is 2. The highest BCUT2D eigenvalue weighted by Crippen LogP contribution is 2.34. The van der Waals surface area contributed by atoms with Crippen molar-refractivity contribution in [1.82, 2.24) is 21.3 Å². The lowest BCUT2D eigenvalue weighted by molar-refractivity contribution is -0.433. The number of allylic oxidation sites excluding steroid dienone is 2. The minimum absolute atomic E-state index is 0.144. The summed E-state index contributed by atoms with van der Waals surface area (Å²) in [5, 5.41) is 33.3. The Bertz CT molecular complexity index is 1280. The molecule has 204 valence electrons. The van der Waals surface area contributed by atoms with Gasteiger partial charge in [-0.05, 0) is 26.0 Å². The molecular formula is C25H26N6O8. The van der Waals surface area contributed by atoms with E-state index >= 15 is 0 Å². The van der Waals surface area contributed by atoms with Gasteiger partial charge in [-0.25, -0.2) is 9.59 Å². The van der Waals surface area contributed by atoms with Crippen LogP contribution in [0.2, 0.25) is 0 Å². The smallest absolute Gasteiger partial charge is 0.320 e. The summed E-state index contributed by atoms with van der Waals surface area (Å²) in [4.78, 5) is 46.3. The van der Waals surface area contributed by atoms with E-state index < -0.39 is 34.0 Å². The number of hydrogen-bond donors (Lipinski definition) is 4. The zero-order valence-electron chi connectivity index (χ0n) is 21.1. The number of urea groups is 2. The summed E-state index contributed by atoms with van der Waals surface area (Å²) >= 11 is 0. The summed E-state index contributed by atoms with van der Waals surface area (Å²) in [6, 6.07) is 10.3. The van der Waals surface area contributed by atoms with Crippen LogP contribution in [0.15, 0.2) is 71.3 Å². The van der Waals surface area contributed by atoms with Crippen LogP contribution >= 0.6 is 0 Å². The highest BCUT2D eigenvalue weighted by atomic mass is 16.6. The van der Waals surface area contributed by atoms with Crippen molar-refractivity contribution < 1.29 is 28.9 Å². The van der Waals surface area contributed by atoms with Crippen LogP contribution in [0.4, 0.5) is 9.59 Å². The van der Waals surface area contributed by atoms with Crippen molar-refractivity contribution in [2.24, 2.45) is 0 Å². The van der Waals surface area contributed by atoms with E-state index in [0.29, 0.717) is 29.0 Å². The number of hydrogen-bond acceptors (Lipinski definition) is 8. The lowest BCUT2D eigenvalue weighted by Gasteiger charge is -2.25. The number of para-hydroxylation sites is 2. The molecule has 14 nitrogen and oxygen atoms in total. The van der Waals surface area contributed by atoms with Crippen molar-refractivity contribution >= 4 is 12.1 Å². The van der Waals surface area contributed by atoms with Crippen molar-refractivity contribution in [3.63, 3.8) is 0 Å². The number of nitrogens with one attached hydrogen (secondary N) is 4. The summed E-state index contributed by atoms with van der Waals surface area (Å²) < 4.78 is 11.8. The predicted octanol–water partition coefficient (Wildman–Crippen LogP) is 3.26. The van der Waals surface area contributed by atoms with Gasteiger partial charge in [-0.2, -0.15) is 0 Å². The fourth-order valence-corrected chi connectivity index (χ4v) is 4.43. The molecule has 0 aromatic heterocycles. The van der Waals surface area contributed by atoms with E-state index in [1.165, 1.54) is 13.8 Å². The maximum Gasteiger partial charge on any atom is 0.320 e. The van der Waals surface area contributed by atoms with Gasteiger partial charge in [0.2, 0.25) is 0 Å². The number of amides is 4. The second-order valence-electron chi connectivity index (χ2n) is 8.72. The zero-order chi connectivity index (χ0) is 28.1. The molecule has 2 aliphatic rings. The van der Waals surface area contributed by atoms with Crippen LogP contribution in [0.1, 0.15) is 43.5 Å². The van der Waals surface area contributed by atoms with E-state index in [1.54, 1.807) is 48.5 Å². The summed E-state index contributed by atoms with van der Waals surface area (Å²) in [6.45, 7) is 3.28. The van der Waals surface area contributed by atoms with Crippen molar-refractivity contribution in [3.05, 3.63) is 103 Å². The zero-order valence-corrected chi connectivity index (χ0v) is 21.1. The molecule has 2 atom stereocenters. The largest absolute Gasteiger partial charge is 0.493 e. The second-order valence-corrected chi connectivity index (χ2v) is 8.72. The quantitative estimate of drug-likeness (QED) is 0.201. The monoisotopic (exact) mass is 538 g/mol. The molecule has 2 unspecified atom stereocenters.